The van der Waals surface area contributed by atoms with E-state index in [9.17, 15) is 9.59 Å². The van der Waals surface area contributed by atoms with Crippen LogP contribution >= 0.6 is 0 Å². The SMILES string of the molecule is C=CCOc1ccc(/C=C2\C(=O)N(CCOC)C(C)=C2C(=O)OCC)cc1OC. The van der Waals surface area contributed by atoms with Gasteiger partial charge in [0.05, 0.1) is 31.5 Å². The molecule has 0 unspecified atom stereocenters. The second kappa shape index (κ2) is 10.5. The third kappa shape index (κ3) is 5.06. The molecule has 0 spiro atoms. The molecule has 1 aliphatic rings. The van der Waals surface area contributed by atoms with E-state index in [-0.39, 0.29) is 23.7 Å². The predicted molar refractivity (Wildman–Crippen MR) is 110 cm³/mol. The first-order chi connectivity index (χ1) is 14.0. The Kier molecular flexibility index (Phi) is 8.03. The van der Waals surface area contributed by atoms with Crippen molar-refractivity contribution >= 4 is 18.0 Å². The lowest BCUT2D eigenvalue weighted by Gasteiger charge is -2.16. The largest absolute Gasteiger partial charge is 0.493 e. The number of carbonyl (C=O) groups excluding carboxylic acids is 2. The minimum absolute atomic E-state index is 0.221. The van der Waals surface area contributed by atoms with E-state index in [4.69, 9.17) is 18.9 Å². The highest BCUT2D eigenvalue weighted by atomic mass is 16.5. The first kappa shape index (κ1) is 22.2. The summed E-state index contributed by atoms with van der Waals surface area (Å²) in [6.45, 7) is 8.35. The number of methoxy groups -OCH3 is 2. The molecule has 0 N–H and O–H groups in total. The van der Waals surface area contributed by atoms with Gasteiger partial charge in [-0.05, 0) is 37.6 Å². The molecular weight excluding hydrogens is 374 g/mol. The van der Waals surface area contributed by atoms with Crippen molar-refractivity contribution in [1.82, 2.24) is 4.90 Å². The standard InChI is InChI=1S/C22H27NO6/c1-6-11-29-18-9-8-16(14-19(18)27-5)13-17-20(22(25)28-7-2)15(3)23(21(17)24)10-12-26-4/h6,8-9,13-14H,1,7,10-12H2,2-5H3/b17-13-. The number of allylic oxidation sites excluding steroid dienone is 1. The molecule has 7 nitrogen and oxygen atoms in total. The Morgan fingerprint density at radius 2 is 2.00 bits per heavy atom. The van der Waals surface area contributed by atoms with Crippen LogP contribution in [0, 0.1) is 0 Å². The topological polar surface area (TPSA) is 74.3 Å². The minimum Gasteiger partial charge on any atom is -0.493 e. The van der Waals surface area contributed by atoms with Crippen molar-refractivity contribution in [2.45, 2.75) is 13.8 Å². The van der Waals surface area contributed by atoms with E-state index in [0.29, 0.717) is 42.5 Å². The van der Waals surface area contributed by atoms with Crippen molar-refractivity contribution in [3.8, 4) is 11.5 Å². The average Bonchev–Trinajstić information content (AvgIpc) is 2.94. The van der Waals surface area contributed by atoms with Crippen molar-refractivity contribution in [3.63, 3.8) is 0 Å². The van der Waals surface area contributed by atoms with Crippen molar-refractivity contribution in [2.24, 2.45) is 0 Å². The van der Waals surface area contributed by atoms with E-state index in [1.165, 1.54) is 12.0 Å². The molecule has 1 aromatic rings. The van der Waals surface area contributed by atoms with E-state index >= 15 is 0 Å². The van der Waals surface area contributed by atoms with Crippen LogP contribution in [-0.4, -0.2) is 57.4 Å². The van der Waals surface area contributed by atoms with Crippen LogP contribution in [-0.2, 0) is 19.1 Å². The normalized spacial score (nSPS) is 15.1. The molecule has 0 bridgehead atoms. The maximum atomic E-state index is 13.0. The van der Waals surface area contributed by atoms with Crippen molar-refractivity contribution in [3.05, 3.63) is 53.3 Å². The van der Waals surface area contributed by atoms with Gasteiger partial charge < -0.3 is 23.8 Å². The number of carbonyl (C=O) groups is 2. The lowest BCUT2D eigenvalue weighted by molar-refractivity contribution is -0.138. The molecule has 156 valence electrons. The Hall–Kier alpha value is -3.06. The summed E-state index contributed by atoms with van der Waals surface area (Å²) in [6, 6.07) is 5.28. The van der Waals surface area contributed by atoms with Crippen molar-refractivity contribution < 1.29 is 28.5 Å². The highest BCUT2D eigenvalue weighted by Crippen LogP contribution is 2.34. The lowest BCUT2D eigenvalue weighted by atomic mass is 10.0. The maximum Gasteiger partial charge on any atom is 0.340 e. The Morgan fingerprint density at radius 3 is 2.62 bits per heavy atom. The van der Waals surface area contributed by atoms with Crippen LogP contribution in [0.2, 0.25) is 0 Å². The third-order valence-corrected chi connectivity index (χ3v) is 4.37. The molecule has 1 heterocycles. The van der Waals surface area contributed by atoms with Gasteiger partial charge in [-0.1, -0.05) is 18.7 Å². The van der Waals surface area contributed by atoms with Crippen LogP contribution in [0.4, 0.5) is 0 Å². The highest BCUT2D eigenvalue weighted by Gasteiger charge is 2.36. The number of benzene rings is 1. The molecular formula is C22H27NO6. The van der Waals surface area contributed by atoms with Gasteiger partial charge in [-0.15, -0.1) is 0 Å². The second-order valence-corrected chi connectivity index (χ2v) is 6.20. The number of hydrogen-bond donors (Lipinski definition) is 0. The van der Waals surface area contributed by atoms with Gasteiger partial charge in [0.2, 0.25) is 0 Å². The summed E-state index contributed by atoms with van der Waals surface area (Å²) < 4.78 is 21.2. The highest BCUT2D eigenvalue weighted by molar-refractivity contribution is 6.16. The summed E-state index contributed by atoms with van der Waals surface area (Å²) in [5.41, 5.74) is 1.78. The van der Waals surface area contributed by atoms with Gasteiger partial charge in [0.25, 0.3) is 5.91 Å². The number of nitrogens with zero attached hydrogens (tertiary/aromatic N) is 1. The van der Waals surface area contributed by atoms with Crippen LogP contribution in [0.1, 0.15) is 19.4 Å². The molecule has 0 radical (unpaired) electrons. The van der Waals surface area contributed by atoms with Gasteiger partial charge in [0, 0.05) is 19.4 Å². The van der Waals surface area contributed by atoms with Crippen LogP contribution in [0.15, 0.2) is 47.7 Å². The quantitative estimate of drug-likeness (QED) is 0.341. The van der Waals surface area contributed by atoms with Gasteiger partial charge in [0.1, 0.15) is 6.61 Å². The maximum absolute atomic E-state index is 13.0. The number of rotatable bonds is 10. The Bertz CT molecular complexity index is 840. The summed E-state index contributed by atoms with van der Waals surface area (Å²) >= 11 is 0. The van der Waals surface area contributed by atoms with E-state index in [1.807, 2.05) is 0 Å². The fourth-order valence-electron chi connectivity index (χ4n) is 2.99. The molecule has 7 heteroatoms. The number of ether oxygens (including phenoxy) is 4. The molecule has 0 saturated heterocycles. The van der Waals surface area contributed by atoms with Crippen LogP contribution in [0.3, 0.4) is 0 Å². The van der Waals surface area contributed by atoms with Crippen molar-refractivity contribution in [2.75, 3.05) is 40.6 Å². The van der Waals surface area contributed by atoms with Crippen LogP contribution < -0.4 is 9.47 Å². The molecule has 0 aliphatic carbocycles. The number of esters is 1. The van der Waals surface area contributed by atoms with E-state index in [2.05, 4.69) is 6.58 Å². The van der Waals surface area contributed by atoms with Crippen LogP contribution in [0.5, 0.6) is 11.5 Å². The predicted octanol–water partition coefficient (Wildman–Crippen LogP) is 2.97. The zero-order valence-corrected chi connectivity index (χ0v) is 17.3. The summed E-state index contributed by atoms with van der Waals surface area (Å²) in [4.78, 5) is 27.1. The zero-order chi connectivity index (χ0) is 21.4. The summed E-state index contributed by atoms with van der Waals surface area (Å²) in [5.74, 6) is 0.281. The molecule has 0 saturated carbocycles. The fraction of sp³-hybridized carbons (Fsp3) is 0.364. The third-order valence-electron chi connectivity index (χ3n) is 4.37. The van der Waals surface area contributed by atoms with E-state index in [0.717, 1.165) is 0 Å². The minimum atomic E-state index is -0.526. The van der Waals surface area contributed by atoms with Gasteiger partial charge in [0.15, 0.2) is 11.5 Å². The molecule has 1 aliphatic heterocycles. The molecule has 0 fully saturated rings. The van der Waals surface area contributed by atoms with Gasteiger partial charge in [-0.25, -0.2) is 4.79 Å². The van der Waals surface area contributed by atoms with Crippen molar-refractivity contribution in [1.29, 1.82) is 0 Å². The molecule has 29 heavy (non-hydrogen) atoms. The van der Waals surface area contributed by atoms with Gasteiger partial charge in [-0.3, -0.25) is 4.79 Å². The number of amides is 1. The Morgan fingerprint density at radius 1 is 1.24 bits per heavy atom. The molecule has 0 aromatic heterocycles. The lowest BCUT2D eigenvalue weighted by Crippen LogP contribution is -2.28. The first-order valence-corrected chi connectivity index (χ1v) is 9.31. The van der Waals surface area contributed by atoms with Gasteiger partial charge >= 0.3 is 5.97 Å². The molecule has 1 aromatic carbocycles. The second-order valence-electron chi connectivity index (χ2n) is 6.20. The molecule has 0 atom stereocenters. The Balaban J connectivity index is 2.46. The van der Waals surface area contributed by atoms with E-state index in [1.54, 1.807) is 51.3 Å². The summed E-state index contributed by atoms with van der Waals surface area (Å²) in [7, 11) is 3.10. The van der Waals surface area contributed by atoms with Gasteiger partial charge in [-0.2, -0.15) is 0 Å². The summed E-state index contributed by atoms with van der Waals surface area (Å²) in [6.07, 6.45) is 3.30. The average molecular weight is 401 g/mol. The smallest absolute Gasteiger partial charge is 0.340 e. The molecule has 1 amide bonds. The molecule has 2 rings (SSSR count). The first-order valence-electron chi connectivity index (χ1n) is 9.31. The summed E-state index contributed by atoms with van der Waals surface area (Å²) in [5, 5.41) is 0. The number of hydrogen-bond acceptors (Lipinski definition) is 6. The van der Waals surface area contributed by atoms with E-state index < -0.39 is 5.97 Å². The monoisotopic (exact) mass is 401 g/mol. The zero-order valence-electron chi connectivity index (χ0n) is 17.3. The van der Waals surface area contributed by atoms with Crippen LogP contribution in [0.25, 0.3) is 6.08 Å². The fourth-order valence-corrected chi connectivity index (χ4v) is 2.99. The Labute approximate surface area is 171 Å².